The van der Waals surface area contributed by atoms with Crippen molar-refractivity contribution >= 4 is 49.8 Å². The Morgan fingerprint density at radius 2 is 1.73 bits per heavy atom. The Morgan fingerprint density at radius 1 is 1.00 bits per heavy atom. The Labute approximate surface area is 209 Å². The van der Waals surface area contributed by atoms with E-state index in [9.17, 15) is 4.79 Å². The molecule has 3 aromatic rings. The van der Waals surface area contributed by atoms with Crippen LogP contribution in [0.1, 0.15) is 29.2 Å². The zero-order chi connectivity index (χ0) is 23.4. The van der Waals surface area contributed by atoms with E-state index < -0.39 is 5.97 Å². The van der Waals surface area contributed by atoms with Crippen LogP contribution in [0, 0.1) is 6.92 Å². The third-order valence-electron chi connectivity index (χ3n) is 4.85. The van der Waals surface area contributed by atoms with E-state index in [4.69, 9.17) is 14.2 Å². The van der Waals surface area contributed by atoms with Crippen LogP contribution in [0.15, 0.2) is 80.3 Å². The molecule has 1 aliphatic rings. The molecular weight excluding hydrogens is 550 g/mol. The van der Waals surface area contributed by atoms with Crippen molar-refractivity contribution in [2.24, 2.45) is 4.99 Å². The molecule has 0 radical (unpaired) electrons. The predicted molar refractivity (Wildman–Crippen MR) is 136 cm³/mol. The fourth-order valence-electron chi connectivity index (χ4n) is 3.20. The van der Waals surface area contributed by atoms with E-state index in [-0.39, 0.29) is 5.70 Å². The van der Waals surface area contributed by atoms with Crippen LogP contribution in [0.2, 0.25) is 0 Å². The summed E-state index contributed by atoms with van der Waals surface area (Å²) in [6, 6.07) is 19.3. The van der Waals surface area contributed by atoms with E-state index in [1.807, 2.05) is 74.5 Å². The maximum Gasteiger partial charge on any atom is 0.363 e. The summed E-state index contributed by atoms with van der Waals surface area (Å²) in [6.07, 6.45) is 1.68. The molecule has 0 spiro atoms. The van der Waals surface area contributed by atoms with Crippen molar-refractivity contribution in [2.45, 2.75) is 20.5 Å². The summed E-state index contributed by atoms with van der Waals surface area (Å²) in [7, 11) is 0. The molecule has 33 heavy (non-hydrogen) atoms. The van der Waals surface area contributed by atoms with Crippen LogP contribution in [0.5, 0.6) is 11.5 Å². The molecule has 3 aromatic carbocycles. The largest absolute Gasteiger partial charge is 0.490 e. The number of esters is 1. The standard InChI is InChI=1S/C26H21Br2NO4/c1-3-31-23-14-18(12-21(28)24(23)32-15-17-6-10-20(27)11-7-17)13-22-26(30)33-25(29-22)19-8-4-16(2)5-9-19/h4-14H,3,15H2,1-2H3/b22-13-. The summed E-state index contributed by atoms with van der Waals surface area (Å²) < 4.78 is 19.0. The summed E-state index contributed by atoms with van der Waals surface area (Å²) in [6.45, 7) is 4.77. The third-order valence-corrected chi connectivity index (χ3v) is 5.97. The summed E-state index contributed by atoms with van der Waals surface area (Å²) in [5.41, 5.74) is 3.87. The SMILES string of the molecule is CCOc1cc(/C=C2\N=C(c3ccc(C)cc3)OC2=O)cc(Br)c1OCc1ccc(Br)cc1. The highest BCUT2D eigenvalue weighted by Crippen LogP contribution is 2.38. The monoisotopic (exact) mass is 569 g/mol. The highest BCUT2D eigenvalue weighted by atomic mass is 79.9. The first-order valence-electron chi connectivity index (χ1n) is 10.4. The van der Waals surface area contributed by atoms with Gasteiger partial charge in [-0.3, -0.25) is 0 Å². The summed E-state index contributed by atoms with van der Waals surface area (Å²) >= 11 is 7.02. The fourth-order valence-corrected chi connectivity index (χ4v) is 4.04. The van der Waals surface area contributed by atoms with E-state index in [1.54, 1.807) is 6.08 Å². The van der Waals surface area contributed by atoms with Crippen LogP contribution in [-0.4, -0.2) is 18.5 Å². The van der Waals surface area contributed by atoms with E-state index in [2.05, 4.69) is 36.9 Å². The van der Waals surface area contributed by atoms with Crippen molar-refractivity contribution in [1.29, 1.82) is 0 Å². The number of hydrogen-bond donors (Lipinski definition) is 0. The van der Waals surface area contributed by atoms with Crippen molar-refractivity contribution in [1.82, 2.24) is 0 Å². The second kappa shape index (κ2) is 10.4. The quantitative estimate of drug-likeness (QED) is 0.230. The van der Waals surface area contributed by atoms with Crippen LogP contribution in [0.3, 0.4) is 0 Å². The first-order chi connectivity index (χ1) is 15.9. The number of carbonyl (C=O) groups excluding carboxylic acids is 1. The molecule has 0 aromatic heterocycles. The number of benzene rings is 3. The van der Waals surface area contributed by atoms with Crippen LogP contribution in [0.4, 0.5) is 0 Å². The van der Waals surface area contributed by atoms with Crippen LogP contribution >= 0.6 is 31.9 Å². The van der Waals surface area contributed by atoms with E-state index in [1.165, 1.54) is 0 Å². The van der Waals surface area contributed by atoms with Gasteiger partial charge in [-0.15, -0.1) is 0 Å². The molecule has 1 aliphatic heterocycles. The first kappa shape index (κ1) is 23.3. The van der Waals surface area contributed by atoms with Gasteiger partial charge < -0.3 is 14.2 Å². The third kappa shape index (κ3) is 5.72. The molecule has 4 rings (SSSR count). The second-order valence-corrected chi connectivity index (χ2v) is 9.15. The number of hydrogen-bond acceptors (Lipinski definition) is 5. The van der Waals surface area contributed by atoms with E-state index in [0.29, 0.717) is 35.1 Å². The lowest BCUT2D eigenvalue weighted by Gasteiger charge is -2.15. The van der Waals surface area contributed by atoms with Crippen LogP contribution < -0.4 is 9.47 Å². The lowest BCUT2D eigenvalue weighted by molar-refractivity contribution is -0.129. The van der Waals surface area contributed by atoms with Gasteiger partial charge >= 0.3 is 5.97 Å². The number of nitrogens with zero attached hydrogens (tertiary/aromatic N) is 1. The normalized spacial score (nSPS) is 14.2. The molecule has 168 valence electrons. The van der Waals surface area contributed by atoms with Gasteiger partial charge in [-0.2, -0.15) is 0 Å². The maximum absolute atomic E-state index is 12.4. The molecule has 0 unspecified atom stereocenters. The van der Waals surface area contributed by atoms with E-state index >= 15 is 0 Å². The minimum atomic E-state index is -0.491. The fraction of sp³-hybridized carbons (Fsp3) is 0.154. The van der Waals surface area contributed by atoms with Crippen molar-refractivity contribution in [3.8, 4) is 11.5 Å². The maximum atomic E-state index is 12.4. The molecule has 0 atom stereocenters. The lowest BCUT2D eigenvalue weighted by atomic mass is 10.1. The molecule has 1 heterocycles. The zero-order valence-electron chi connectivity index (χ0n) is 18.1. The van der Waals surface area contributed by atoms with Crippen molar-refractivity contribution in [3.63, 3.8) is 0 Å². The molecule has 0 saturated heterocycles. The van der Waals surface area contributed by atoms with Gasteiger partial charge in [0.05, 0.1) is 11.1 Å². The van der Waals surface area contributed by atoms with Gasteiger partial charge in [-0.25, -0.2) is 9.79 Å². The molecule has 0 bridgehead atoms. The lowest BCUT2D eigenvalue weighted by Crippen LogP contribution is -2.05. The molecule has 0 amide bonds. The minimum Gasteiger partial charge on any atom is -0.490 e. The van der Waals surface area contributed by atoms with Gasteiger partial charge in [0.25, 0.3) is 0 Å². The minimum absolute atomic E-state index is 0.225. The van der Waals surface area contributed by atoms with Gasteiger partial charge in [0, 0.05) is 10.0 Å². The molecular formula is C26H21Br2NO4. The van der Waals surface area contributed by atoms with Gasteiger partial charge in [0.15, 0.2) is 17.2 Å². The van der Waals surface area contributed by atoms with Crippen molar-refractivity contribution < 1.29 is 19.0 Å². The molecule has 0 saturated carbocycles. The van der Waals surface area contributed by atoms with Crippen molar-refractivity contribution in [2.75, 3.05) is 6.61 Å². The average molecular weight is 571 g/mol. The highest BCUT2D eigenvalue weighted by molar-refractivity contribution is 9.10. The Bertz CT molecular complexity index is 1230. The number of rotatable bonds is 7. The smallest absolute Gasteiger partial charge is 0.363 e. The Balaban J connectivity index is 1.60. The summed E-state index contributed by atoms with van der Waals surface area (Å²) in [4.78, 5) is 16.8. The predicted octanol–water partition coefficient (Wildman–Crippen LogP) is 6.84. The first-order valence-corrected chi connectivity index (χ1v) is 11.9. The molecule has 0 N–H and O–H groups in total. The van der Waals surface area contributed by atoms with Gasteiger partial charge in [-0.1, -0.05) is 45.8 Å². The molecule has 5 nitrogen and oxygen atoms in total. The number of aryl methyl sites for hydroxylation is 1. The highest BCUT2D eigenvalue weighted by Gasteiger charge is 2.24. The number of halogens is 2. The number of cyclic esters (lactones) is 1. The number of carbonyl (C=O) groups is 1. The second-order valence-electron chi connectivity index (χ2n) is 7.38. The molecule has 0 aliphatic carbocycles. The molecule has 0 fully saturated rings. The van der Waals surface area contributed by atoms with Crippen LogP contribution in [0.25, 0.3) is 6.08 Å². The van der Waals surface area contributed by atoms with Gasteiger partial charge in [-0.05, 0) is 83.4 Å². The molecule has 7 heteroatoms. The number of ether oxygens (including phenoxy) is 3. The Kier molecular flexibility index (Phi) is 7.30. The zero-order valence-corrected chi connectivity index (χ0v) is 21.3. The average Bonchev–Trinajstić information content (AvgIpc) is 3.15. The Morgan fingerprint density at radius 3 is 2.42 bits per heavy atom. The van der Waals surface area contributed by atoms with Gasteiger partial charge in [0.2, 0.25) is 5.90 Å². The van der Waals surface area contributed by atoms with E-state index in [0.717, 1.165) is 26.7 Å². The Hall–Kier alpha value is -2.90. The van der Waals surface area contributed by atoms with Crippen molar-refractivity contribution in [3.05, 3.63) is 97.6 Å². The topological polar surface area (TPSA) is 57.1 Å². The summed E-state index contributed by atoms with van der Waals surface area (Å²) in [5, 5.41) is 0. The summed E-state index contributed by atoms with van der Waals surface area (Å²) in [5.74, 6) is 0.977. The van der Waals surface area contributed by atoms with Gasteiger partial charge in [0.1, 0.15) is 6.61 Å². The number of aliphatic imine (C=N–C) groups is 1. The van der Waals surface area contributed by atoms with Crippen LogP contribution in [-0.2, 0) is 16.1 Å².